The van der Waals surface area contributed by atoms with Crippen LogP contribution in [0.15, 0.2) is 12.1 Å². The molecule has 0 aliphatic heterocycles. The van der Waals surface area contributed by atoms with E-state index in [-0.39, 0.29) is 18.8 Å². The standard InChI is InChI=1S/C12H15F2NO3/c1-3-17-10(16)6-8-5-9(18-12(13)14)4-7(2)11(8)15/h4-5,12H,3,6,15H2,1-2H3. The molecule has 0 saturated heterocycles. The summed E-state index contributed by atoms with van der Waals surface area (Å²) in [6, 6.07) is 2.72. The van der Waals surface area contributed by atoms with E-state index in [0.717, 1.165) is 0 Å². The van der Waals surface area contributed by atoms with E-state index in [1.54, 1.807) is 13.8 Å². The summed E-state index contributed by atoms with van der Waals surface area (Å²) in [6.45, 7) is 0.680. The normalized spacial score (nSPS) is 10.5. The highest BCUT2D eigenvalue weighted by Crippen LogP contribution is 2.26. The topological polar surface area (TPSA) is 61.5 Å². The van der Waals surface area contributed by atoms with Crippen molar-refractivity contribution in [3.8, 4) is 5.75 Å². The van der Waals surface area contributed by atoms with Crippen LogP contribution < -0.4 is 10.5 Å². The van der Waals surface area contributed by atoms with Crippen LogP contribution in [0.1, 0.15) is 18.1 Å². The van der Waals surface area contributed by atoms with Crippen LogP contribution in [0.2, 0.25) is 0 Å². The van der Waals surface area contributed by atoms with E-state index in [1.807, 2.05) is 0 Å². The summed E-state index contributed by atoms with van der Waals surface area (Å²) in [4.78, 5) is 11.3. The number of esters is 1. The van der Waals surface area contributed by atoms with Crippen LogP contribution in [0.3, 0.4) is 0 Å². The number of anilines is 1. The van der Waals surface area contributed by atoms with Crippen LogP contribution in [0, 0.1) is 6.92 Å². The van der Waals surface area contributed by atoms with E-state index in [4.69, 9.17) is 10.5 Å². The third kappa shape index (κ3) is 3.87. The van der Waals surface area contributed by atoms with Crippen molar-refractivity contribution in [1.82, 2.24) is 0 Å². The van der Waals surface area contributed by atoms with Crippen molar-refractivity contribution in [2.45, 2.75) is 26.9 Å². The van der Waals surface area contributed by atoms with Gasteiger partial charge in [0.1, 0.15) is 5.75 Å². The van der Waals surface area contributed by atoms with Crippen molar-refractivity contribution in [3.05, 3.63) is 23.3 Å². The fraction of sp³-hybridized carbons (Fsp3) is 0.417. The zero-order valence-electron chi connectivity index (χ0n) is 10.2. The number of benzene rings is 1. The predicted octanol–water partition coefficient (Wildman–Crippen LogP) is 2.28. The minimum absolute atomic E-state index is 0.0176. The zero-order chi connectivity index (χ0) is 13.7. The Hall–Kier alpha value is -1.85. The van der Waals surface area contributed by atoms with Gasteiger partial charge in [-0.2, -0.15) is 8.78 Å². The molecule has 0 fully saturated rings. The van der Waals surface area contributed by atoms with Crippen LogP contribution in [0.4, 0.5) is 14.5 Å². The number of alkyl halides is 2. The van der Waals surface area contributed by atoms with Gasteiger partial charge in [0.15, 0.2) is 0 Å². The first-order valence-electron chi connectivity index (χ1n) is 5.43. The van der Waals surface area contributed by atoms with Gasteiger partial charge in [-0.1, -0.05) is 0 Å². The molecule has 4 nitrogen and oxygen atoms in total. The molecule has 0 aliphatic rings. The molecule has 1 aromatic carbocycles. The van der Waals surface area contributed by atoms with E-state index in [9.17, 15) is 13.6 Å². The van der Waals surface area contributed by atoms with Crippen molar-refractivity contribution in [2.75, 3.05) is 12.3 Å². The average Bonchev–Trinajstić information content (AvgIpc) is 2.24. The summed E-state index contributed by atoms with van der Waals surface area (Å²) >= 11 is 0. The Kier molecular flexibility index (Phi) is 4.88. The Labute approximate surface area is 104 Å². The van der Waals surface area contributed by atoms with E-state index < -0.39 is 12.6 Å². The van der Waals surface area contributed by atoms with Crippen LogP contribution in [0.25, 0.3) is 0 Å². The third-order valence-electron chi connectivity index (χ3n) is 2.31. The Morgan fingerprint density at radius 2 is 2.11 bits per heavy atom. The van der Waals surface area contributed by atoms with Crippen molar-refractivity contribution in [2.24, 2.45) is 0 Å². The monoisotopic (exact) mass is 259 g/mol. The van der Waals surface area contributed by atoms with Gasteiger partial charge in [-0.15, -0.1) is 0 Å². The van der Waals surface area contributed by atoms with Crippen molar-refractivity contribution in [1.29, 1.82) is 0 Å². The molecule has 18 heavy (non-hydrogen) atoms. The van der Waals surface area contributed by atoms with Gasteiger partial charge in [0, 0.05) is 5.69 Å². The average molecular weight is 259 g/mol. The molecule has 6 heteroatoms. The quantitative estimate of drug-likeness (QED) is 0.651. The fourth-order valence-corrected chi connectivity index (χ4v) is 1.52. The number of hydrogen-bond donors (Lipinski definition) is 1. The van der Waals surface area contributed by atoms with Gasteiger partial charge < -0.3 is 15.2 Å². The van der Waals surface area contributed by atoms with E-state index in [1.165, 1.54) is 12.1 Å². The largest absolute Gasteiger partial charge is 0.466 e. The molecule has 0 saturated carbocycles. The number of carbonyl (C=O) groups excluding carboxylic acids is 1. The van der Waals surface area contributed by atoms with Crippen molar-refractivity contribution >= 4 is 11.7 Å². The molecule has 0 aromatic heterocycles. The lowest BCUT2D eigenvalue weighted by Gasteiger charge is -2.12. The Balaban J connectivity index is 2.95. The molecule has 100 valence electrons. The minimum Gasteiger partial charge on any atom is -0.466 e. The first-order chi connectivity index (χ1) is 8.43. The Bertz CT molecular complexity index is 436. The summed E-state index contributed by atoms with van der Waals surface area (Å²) in [5, 5.41) is 0. The summed E-state index contributed by atoms with van der Waals surface area (Å²) < 4.78 is 33.3. The highest BCUT2D eigenvalue weighted by atomic mass is 19.3. The molecule has 0 heterocycles. The highest BCUT2D eigenvalue weighted by Gasteiger charge is 2.13. The first-order valence-corrected chi connectivity index (χ1v) is 5.43. The van der Waals surface area contributed by atoms with Gasteiger partial charge in [0.05, 0.1) is 13.0 Å². The lowest BCUT2D eigenvalue weighted by molar-refractivity contribution is -0.142. The van der Waals surface area contributed by atoms with Crippen molar-refractivity contribution < 1.29 is 23.0 Å². The molecule has 2 N–H and O–H groups in total. The van der Waals surface area contributed by atoms with Crippen LogP contribution >= 0.6 is 0 Å². The van der Waals surface area contributed by atoms with Gasteiger partial charge in [0.2, 0.25) is 0 Å². The van der Waals surface area contributed by atoms with Gasteiger partial charge in [-0.25, -0.2) is 0 Å². The maximum atomic E-state index is 12.1. The molecule has 0 unspecified atom stereocenters. The Morgan fingerprint density at radius 1 is 1.44 bits per heavy atom. The molecule has 0 atom stereocenters. The molecule has 0 aliphatic carbocycles. The number of nitrogen functional groups attached to an aromatic ring is 1. The number of carbonyl (C=O) groups is 1. The van der Waals surface area contributed by atoms with Crippen molar-refractivity contribution in [3.63, 3.8) is 0 Å². The van der Waals surface area contributed by atoms with Gasteiger partial charge in [-0.05, 0) is 37.1 Å². The predicted molar refractivity (Wildman–Crippen MR) is 62.6 cm³/mol. The molecule has 0 bridgehead atoms. The van der Waals surface area contributed by atoms with Gasteiger partial charge in [-0.3, -0.25) is 4.79 Å². The van der Waals surface area contributed by atoms with Gasteiger partial charge in [0.25, 0.3) is 0 Å². The first kappa shape index (κ1) is 14.2. The molecule has 1 aromatic rings. The van der Waals surface area contributed by atoms with Crippen LogP contribution in [-0.4, -0.2) is 19.2 Å². The molecule has 0 amide bonds. The summed E-state index contributed by atoms with van der Waals surface area (Å²) in [5.41, 5.74) is 7.15. The highest BCUT2D eigenvalue weighted by molar-refractivity contribution is 5.76. The number of nitrogens with two attached hydrogens (primary N) is 1. The lowest BCUT2D eigenvalue weighted by Crippen LogP contribution is -2.11. The molecule has 0 radical (unpaired) electrons. The Morgan fingerprint density at radius 3 is 2.67 bits per heavy atom. The maximum Gasteiger partial charge on any atom is 0.387 e. The molecular formula is C12H15F2NO3. The maximum absolute atomic E-state index is 12.1. The number of halogens is 2. The molecular weight excluding hydrogens is 244 g/mol. The van der Waals surface area contributed by atoms with Crippen LogP contribution in [0.5, 0.6) is 5.75 Å². The number of ether oxygens (including phenoxy) is 2. The number of aryl methyl sites for hydroxylation is 1. The SMILES string of the molecule is CCOC(=O)Cc1cc(OC(F)F)cc(C)c1N. The van der Waals surface area contributed by atoms with E-state index in [2.05, 4.69) is 4.74 Å². The zero-order valence-corrected chi connectivity index (χ0v) is 10.2. The number of rotatable bonds is 5. The second-order valence-corrected chi connectivity index (χ2v) is 3.67. The molecule has 1 rings (SSSR count). The van der Waals surface area contributed by atoms with Crippen LogP contribution in [-0.2, 0) is 16.0 Å². The third-order valence-corrected chi connectivity index (χ3v) is 2.31. The van der Waals surface area contributed by atoms with E-state index >= 15 is 0 Å². The second-order valence-electron chi connectivity index (χ2n) is 3.67. The fourth-order valence-electron chi connectivity index (χ4n) is 1.52. The number of hydrogen-bond acceptors (Lipinski definition) is 4. The molecule has 0 spiro atoms. The summed E-state index contributed by atoms with van der Waals surface area (Å²) in [5.74, 6) is -0.478. The van der Waals surface area contributed by atoms with E-state index in [0.29, 0.717) is 16.8 Å². The lowest BCUT2D eigenvalue weighted by atomic mass is 10.1. The minimum atomic E-state index is -2.91. The smallest absolute Gasteiger partial charge is 0.387 e. The summed E-state index contributed by atoms with van der Waals surface area (Å²) in [6.07, 6.45) is -0.0685. The van der Waals surface area contributed by atoms with Gasteiger partial charge >= 0.3 is 12.6 Å². The summed E-state index contributed by atoms with van der Waals surface area (Å²) in [7, 11) is 0. The second kappa shape index (κ2) is 6.18.